The molecule has 35 heavy (non-hydrogen) atoms. The SMILES string of the molecule is CCCn1c(=O)n(CC(=O)N(CC)c2c(N)n(Cc3ccccc3)c(=O)[nH]c2=O)c2ccccc21. The summed E-state index contributed by atoms with van der Waals surface area (Å²) in [5, 5.41) is 0. The van der Waals surface area contributed by atoms with Crippen molar-refractivity contribution in [2.24, 2.45) is 0 Å². The number of nitrogens with one attached hydrogen (secondary N) is 1. The average Bonchev–Trinajstić information content (AvgIpc) is 3.11. The van der Waals surface area contributed by atoms with Gasteiger partial charge in [-0.05, 0) is 31.0 Å². The number of benzene rings is 2. The Morgan fingerprint density at radius 3 is 2.17 bits per heavy atom. The lowest BCUT2D eigenvalue weighted by molar-refractivity contribution is -0.119. The average molecular weight is 477 g/mol. The highest BCUT2D eigenvalue weighted by Crippen LogP contribution is 2.19. The monoisotopic (exact) mass is 476 g/mol. The fourth-order valence-corrected chi connectivity index (χ4v) is 4.31. The van der Waals surface area contributed by atoms with Crippen LogP contribution in [0.3, 0.4) is 0 Å². The normalized spacial score (nSPS) is 11.1. The van der Waals surface area contributed by atoms with Crippen LogP contribution in [0.1, 0.15) is 25.8 Å². The fourth-order valence-electron chi connectivity index (χ4n) is 4.31. The Hall–Kier alpha value is -4.34. The van der Waals surface area contributed by atoms with E-state index in [0.717, 1.165) is 17.5 Å². The Balaban J connectivity index is 1.75. The minimum Gasteiger partial charge on any atom is -0.383 e. The standard InChI is InChI=1S/C25H28N6O4/c1-3-14-29-18-12-8-9-13-19(18)30(25(29)35)16-20(32)28(4-2)21-22(26)31(24(34)27-23(21)33)15-17-10-6-5-7-11-17/h5-13H,3-4,14-16,26H2,1-2H3,(H,27,33,34). The van der Waals surface area contributed by atoms with Gasteiger partial charge in [-0.15, -0.1) is 0 Å². The van der Waals surface area contributed by atoms with E-state index in [-0.39, 0.29) is 36.8 Å². The number of hydrogen-bond acceptors (Lipinski definition) is 5. The third-order valence-electron chi connectivity index (χ3n) is 5.95. The van der Waals surface area contributed by atoms with Gasteiger partial charge >= 0.3 is 11.4 Å². The van der Waals surface area contributed by atoms with E-state index in [4.69, 9.17) is 5.73 Å². The number of anilines is 2. The molecule has 0 saturated heterocycles. The molecule has 10 nitrogen and oxygen atoms in total. The van der Waals surface area contributed by atoms with E-state index in [2.05, 4.69) is 4.98 Å². The minimum atomic E-state index is -0.757. The van der Waals surface area contributed by atoms with Gasteiger partial charge in [-0.2, -0.15) is 0 Å². The number of nitrogens with zero attached hydrogens (tertiary/aromatic N) is 4. The molecule has 0 aliphatic rings. The van der Waals surface area contributed by atoms with Crippen LogP contribution in [0, 0.1) is 0 Å². The first-order chi connectivity index (χ1) is 16.9. The van der Waals surface area contributed by atoms with Crippen molar-refractivity contribution in [3.63, 3.8) is 0 Å². The van der Waals surface area contributed by atoms with Crippen LogP contribution < -0.4 is 27.6 Å². The van der Waals surface area contributed by atoms with Gasteiger partial charge in [0.1, 0.15) is 12.4 Å². The van der Waals surface area contributed by atoms with Crippen molar-refractivity contribution in [1.82, 2.24) is 18.7 Å². The van der Waals surface area contributed by atoms with Crippen molar-refractivity contribution < 1.29 is 4.79 Å². The lowest BCUT2D eigenvalue weighted by Gasteiger charge is -2.23. The van der Waals surface area contributed by atoms with Gasteiger partial charge in [0, 0.05) is 13.1 Å². The van der Waals surface area contributed by atoms with Crippen LogP contribution in [0.4, 0.5) is 11.5 Å². The van der Waals surface area contributed by atoms with Gasteiger partial charge in [-0.1, -0.05) is 49.4 Å². The highest BCUT2D eigenvalue weighted by molar-refractivity contribution is 5.96. The first-order valence-corrected chi connectivity index (χ1v) is 11.5. The molecule has 3 N–H and O–H groups in total. The third kappa shape index (κ3) is 4.42. The van der Waals surface area contributed by atoms with E-state index in [9.17, 15) is 19.2 Å². The second kappa shape index (κ2) is 9.88. The van der Waals surface area contributed by atoms with Crippen molar-refractivity contribution >= 4 is 28.4 Å². The third-order valence-corrected chi connectivity index (χ3v) is 5.95. The molecule has 0 atom stereocenters. The minimum absolute atomic E-state index is 0.112. The molecule has 0 spiro atoms. The molecule has 4 rings (SSSR count). The summed E-state index contributed by atoms with van der Waals surface area (Å²) in [6, 6.07) is 16.4. The Morgan fingerprint density at radius 2 is 1.54 bits per heavy atom. The van der Waals surface area contributed by atoms with E-state index in [1.165, 1.54) is 14.0 Å². The smallest absolute Gasteiger partial charge is 0.330 e. The molecule has 0 aliphatic heterocycles. The number of amides is 1. The Bertz CT molecular complexity index is 1540. The number of rotatable bonds is 8. The van der Waals surface area contributed by atoms with Crippen molar-refractivity contribution in [2.75, 3.05) is 17.2 Å². The number of fused-ring (bicyclic) bond motifs is 1. The number of carbonyl (C=O) groups excluding carboxylic acids is 1. The van der Waals surface area contributed by atoms with Gasteiger partial charge in [0.2, 0.25) is 5.91 Å². The zero-order valence-electron chi connectivity index (χ0n) is 19.7. The Labute approximate surface area is 200 Å². The molecule has 1 amide bonds. The first-order valence-electron chi connectivity index (χ1n) is 11.5. The molecule has 2 aromatic carbocycles. The molecule has 2 aromatic heterocycles. The van der Waals surface area contributed by atoms with Gasteiger partial charge in [0.15, 0.2) is 5.69 Å². The Morgan fingerprint density at radius 1 is 0.914 bits per heavy atom. The molecule has 0 saturated carbocycles. The van der Waals surface area contributed by atoms with E-state index >= 15 is 0 Å². The van der Waals surface area contributed by atoms with Crippen LogP contribution in [0.5, 0.6) is 0 Å². The molecule has 0 unspecified atom stereocenters. The topological polar surface area (TPSA) is 128 Å². The number of aromatic nitrogens is 4. The zero-order chi connectivity index (χ0) is 25.1. The van der Waals surface area contributed by atoms with Gasteiger partial charge in [-0.25, -0.2) is 9.59 Å². The second-order valence-corrected chi connectivity index (χ2v) is 8.21. The van der Waals surface area contributed by atoms with Crippen LogP contribution in [-0.4, -0.2) is 31.1 Å². The highest BCUT2D eigenvalue weighted by atomic mass is 16.2. The number of aryl methyl sites for hydroxylation is 1. The number of hydrogen-bond donors (Lipinski definition) is 2. The molecular formula is C25H28N6O4. The highest BCUT2D eigenvalue weighted by Gasteiger charge is 2.25. The molecule has 4 aromatic rings. The van der Waals surface area contributed by atoms with Gasteiger partial charge in [0.25, 0.3) is 5.56 Å². The van der Waals surface area contributed by atoms with Crippen molar-refractivity contribution in [3.05, 3.63) is 91.5 Å². The lowest BCUT2D eigenvalue weighted by Crippen LogP contribution is -2.43. The van der Waals surface area contributed by atoms with Crippen LogP contribution in [0.2, 0.25) is 0 Å². The van der Waals surface area contributed by atoms with E-state index < -0.39 is 17.2 Å². The quantitative estimate of drug-likeness (QED) is 0.400. The summed E-state index contributed by atoms with van der Waals surface area (Å²) in [4.78, 5) is 55.3. The summed E-state index contributed by atoms with van der Waals surface area (Å²) in [5.74, 6) is -0.602. The fraction of sp³-hybridized carbons (Fsp3) is 0.280. The van der Waals surface area contributed by atoms with Crippen molar-refractivity contribution in [2.45, 2.75) is 39.9 Å². The van der Waals surface area contributed by atoms with Crippen LogP contribution >= 0.6 is 0 Å². The summed E-state index contributed by atoms with van der Waals surface area (Å²) in [5.41, 5.74) is 6.63. The number of imidazole rings is 1. The van der Waals surface area contributed by atoms with Gasteiger partial charge in [-0.3, -0.25) is 28.3 Å². The molecule has 182 valence electrons. The van der Waals surface area contributed by atoms with E-state index in [0.29, 0.717) is 12.1 Å². The van der Waals surface area contributed by atoms with Crippen LogP contribution in [0.15, 0.2) is 69.0 Å². The maximum Gasteiger partial charge on any atom is 0.330 e. The van der Waals surface area contributed by atoms with Crippen molar-refractivity contribution in [1.29, 1.82) is 0 Å². The largest absolute Gasteiger partial charge is 0.383 e. The van der Waals surface area contributed by atoms with Crippen LogP contribution in [0.25, 0.3) is 11.0 Å². The molecule has 2 heterocycles. The zero-order valence-corrected chi connectivity index (χ0v) is 19.7. The molecular weight excluding hydrogens is 448 g/mol. The summed E-state index contributed by atoms with van der Waals surface area (Å²) < 4.78 is 4.27. The van der Waals surface area contributed by atoms with E-state index in [1.807, 2.05) is 49.4 Å². The number of H-pyrrole nitrogens is 1. The van der Waals surface area contributed by atoms with Crippen molar-refractivity contribution in [3.8, 4) is 0 Å². The molecule has 0 aliphatic carbocycles. The van der Waals surface area contributed by atoms with Gasteiger partial charge < -0.3 is 10.6 Å². The first kappa shape index (κ1) is 23.8. The molecule has 10 heteroatoms. The number of nitrogens with two attached hydrogens (primary N) is 1. The van der Waals surface area contributed by atoms with Crippen LogP contribution in [-0.2, 0) is 24.4 Å². The number of aromatic amines is 1. The maximum absolute atomic E-state index is 13.4. The predicted molar refractivity (Wildman–Crippen MR) is 136 cm³/mol. The molecule has 0 fully saturated rings. The summed E-state index contributed by atoms with van der Waals surface area (Å²) in [6.07, 6.45) is 0.762. The van der Waals surface area contributed by atoms with E-state index in [1.54, 1.807) is 23.6 Å². The number of nitrogen functional groups attached to an aromatic ring is 1. The lowest BCUT2D eigenvalue weighted by atomic mass is 10.2. The van der Waals surface area contributed by atoms with Gasteiger partial charge in [0.05, 0.1) is 17.6 Å². The predicted octanol–water partition coefficient (Wildman–Crippen LogP) is 1.75. The summed E-state index contributed by atoms with van der Waals surface area (Å²) >= 11 is 0. The summed E-state index contributed by atoms with van der Waals surface area (Å²) in [7, 11) is 0. The summed E-state index contributed by atoms with van der Waals surface area (Å²) in [6.45, 7) is 4.17. The number of para-hydroxylation sites is 2. The maximum atomic E-state index is 13.4. The molecule has 0 bridgehead atoms. The Kier molecular flexibility index (Phi) is 6.72. The second-order valence-electron chi connectivity index (χ2n) is 8.21. The number of carbonyl (C=O) groups is 1. The number of likely N-dealkylation sites (N-methyl/N-ethyl adjacent to an activating group) is 1. The molecule has 0 radical (unpaired) electrons.